The van der Waals surface area contributed by atoms with Gasteiger partial charge in [-0.2, -0.15) is 0 Å². The number of rotatable bonds is 5. The SMILES string of the molecule is CC1(C)C[C@@H]2C[C@](C)(CN2C(=O)COC(=O)CNC(=O)c2cccs2)C1. The Morgan fingerprint density at radius 2 is 2.08 bits per heavy atom. The Bertz CT molecular complexity index is 700. The van der Waals surface area contributed by atoms with Crippen LogP contribution in [0.1, 0.15) is 49.7 Å². The molecule has 1 aromatic rings. The molecule has 7 heteroatoms. The minimum absolute atomic E-state index is 0.144. The summed E-state index contributed by atoms with van der Waals surface area (Å²) in [6.45, 7) is 6.97. The Morgan fingerprint density at radius 3 is 2.77 bits per heavy atom. The van der Waals surface area contributed by atoms with Crippen molar-refractivity contribution >= 4 is 29.1 Å². The van der Waals surface area contributed by atoms with E-state index in [0.717, 1.165) is 25.8 Å². The smallest absolute Gasteiger partial charge is 0.325 e. The second kappa shape index (κ2) is 7.02. The highest BCUT2D eigenvalue weighted by molar-refractivity contribution is 7.12. The normalized spacial score (nSPS) is 26.4. The number of thiophene rings is 1. The second-order valence-corrected chi connectivity index (χ2v) is 9.50. The fourth-order valence-corrected chi connectivity index (χ4v) is 5.32. The molecule has 26 heavy (non-hydrogen) atoms. The maximum atomic E-state index is 12.5. The van der Waals surface area contributed by atoms with Crippen LogP contribution in [0.15, 0.2) is 17.5 Å². The van der Waals surface area contributed by atoms with E-state index >= 15 is 0 Å². The van der Waals surface area contributed by atoms with Crippen LogP contribution in [0.3, 0.4) is 0 Å². The molecule has 6 nitrogen and oxygen atoms in total. The number of nitrogens with zero attached hydrogens (tertiary/aromatic N) is 1. The van der Waals surface area contributed by atoms with Gasteiger partial charge in [0.25, 0.3) is 11.8 Å². The van der Waals surface area contributed by atoms with Crippen molar-refractivity contribution in [1.82, 2.24) is 10.2 Å². The summed E-state index contributed by atoms with van der Waals surface area (Å²) < 4.78 is 5.08. The van der Waals surface area contributed by atoms with Gasteiger partial charge in [-0.05, 0) is 41.5 Å². The summed E-state index contributed by atoms with van der Waals surface area (Å²) in [7, 11) is 0. The average molecular weight is 378 g/mol. The Hall–Kier alpha value is -1.89. The Balaban J connectivity index is 1.45. The van der Waals surface area contributed by atoms with Crippen LogP contribution < -0.4 is 5.32 Å². The van der Waals surface area contributed by atoms with Gasteiger partial charge in [0.05, 0.1) is 4.88 Å². The molecule has 2 atom stereocenters. The number of nitrogens with one attached hydrogen (secondary N) is 1. The van der Waals surface area contributed by atoms with Gasteiger partial charge in [0, 0.05) is 12.6 Å². The van der Waals surface area contributed by atoms with Crippen LogP contribution in [0.5, 0.6) is 0 Å². The fraction of sp³-hybridized carbons (Fsp3) is 0.632. The van der Waals surface area contributed by atoms with Crippen molar-refractivity contribution in [2.24, 2.45) is 10.8 Å². The predicted octanol–water partition coefficient (Wildman–Crippen LogP) is 2.45. The maximum Gasteiger partial charge on any atom is 0.325 e. The molecule has 1 N–H and O–H groups in total. The molecule has 0 radical (unpaired) electrons. The van der Waals surface area contributed by atoms with Crippen molar-refractivity contribution < 1.29 is 19.1 Å². The summed E-state index contributed by atoms with van der Waals surface area (Å²) in [5.41, 5.74) is 0.385. The third-order valence-corrected chi connectivity index (χ3v) is 6.10. The van der Waals surface area contributed by atoms with Crippen LogP contribution in [-0.2, 0) is 14.3 Å². The van der Waals surface area contributed by atoms with Crippen LogP contribution in [0.2, 0.25) is 0 Å². The minimum atomic E-state index is -0.600. The standard InChI is InChI=1S/C19H26N2O4S/c1-18(2)7-13-8-19(3,11-18)12-21(13)15(22)10-25-16(23)9-20-17(24)14-5-4-6-26-14/h4-6,13H,7-12H2,1-3H3,(H,20,24)/t13-,19+/m1/s1. The maximum absolute atomic E-state index is 12.5. The molecule has 142 valence electrons. The first-order valence-electron chi connectivity index (χ1n) is 8.94. The lowest BCUT2D eigenvalue weighted by atomic mass is 9.65. The van der Waals surface area contributed by atoms with Gasteiger partial charge in [0.15, 0.2) is 6.61 Å². The molecular formula is C19H26N2O4S. The highest BCUT2D eigenvalue weighted by Gasteiger charge is 2.50. The van der Waals surface area contributed by atoms with Crippen LogP contribution >= 0.6 is 11.3 Å². The van der Waals surface area contributed by atoms with Gasteiger partial charge >= 0.3 is 5.97 Å². The van der Waals surface area contributed by atoms with E-state index in [1.165, 1.54) is 11.3 Å². The fourth-order valence-electron chi connectivity index (χ4n) is 4.68. The van der Waals surface area contributed by atoms with Gasteiger partial charge in [-0.1, -0.05) is 26.8 Å². The van der Waals surface area contributed by atoms with Crippen molar-refractivity contribution in [3.63, 3.8) is 0 Å². The second-order valence-electron chi connectivity index (χ2n) is 8.56. The molecule has 1 aliphatic heterocycles. The molecule has 0 aromatic carbocycles. The van der Waals surface area contributed by atoms with E-state index in [1.54, 1.807) is 17.5 Å². The Morgan fingerprint density at radius 1 is 1.31 bits per heavy atom. The van der Waals surface area contributed by atoms with Crippen LogP contribution in [0.4, 0.5) is 0 Å². The molecule has 2 fully saturated rings. The van der Waals surface area contributed by atoms with E-state index in [4.69, 9.17) is 4.74 Å². The molecule has 0 unspecified atom stereocenters. The molecule has 2 bridgehead atoms. The van der Waals surface area contributed by atoms with Crippen molar-refractivity contribution in [1.29, 1.82) is 0 Å². The summed E-state index contributed by atoms with van der Waals surface area (Å²) in [5, 5.41) is 4.30. The van der Waals surface area contributed by atoms with Crippen LogP contribution in [0.25, 0.3) is 0 Å². The van der Waals surface area contributed by atoms with E-state index in [9.17, 15) is 14.4 Å². The largest absolute Gasteiger partial charge is 0.454 e. The molecule has 2 amide bonds. The first kappa shape index (κ1) is 18.9. The summed E-state index contributed by atoms with van der Waals surface area (Å²) in [6, 6.07) is 3.68. The summed E-state index contributed by atoms with van der Waals surface area (Å²) in [6.07, 6.45) is 3.11. The number of likely N-dealkylation sites (tertiary alicyclic amines) is 1. The van der Waals surface area contributed by atoms with Crippen LogP contribution in [0, 0.1) is 10.8 Å². The van der Waals surface area contributed by atoms with Gasteiger partial charge in [0.2, 0.25) is 0 Å². The average Bonchev–Trinajstić information content (AvgIpc) is 3.15. The first-order chi connectivity index (χ1) is 12.2. The summed E-state index contributed by atoms with van der Waals surface area (Å²) >= 11 is 1.30. The molecule has 1 aromatic heterocycles. The van der Waals surface area contributed by atoms with E-state index in [1.807, 2.05) is 4.90 Å². The zero-order valence-corrected chi connectivity index (χ0v) is 16.4. The van der Waals surface area contributed by atoms with Crippen molar-refractivity contribution in [3.8, 4) is 0 Å². The minimum Gasteiger partial charge on any atom is -0.454 e. The number of esters is 1. The molecule has 1 aliphatic carbocycles. The predicted molar refractivity (Wildman–Crippen MR) is 98.9 cm³/mol. The quantitative estimate of drug-likeness (QED) is 0.799. The third-order valence-electron chi connectivity index (χ3n) is 5.23. The van der Waals surface area contributed by atoms with Gasteiger partial charge in [-0.3, -0.25) is 14.4 Å². The van der Waals surface area contributed by atoms with E-state index in [-0.39, 0.29) is 41.8 Å². The first-order valence-corrected chi connectivity index (χ1v) is 9.82. The number of carbonyl (C=O) groups is 3. The number of hydrogen-bond acceptors (Lipinski definition) is 5. The number of fused-ring (bicyclic) bond motifs is 2. The Labute approximate surface area is 157 Å². The van der Waals surface area contributed by atoms with Crippen LogP contribution in [-0.4, -0.2) is 48.4 Å². The monoisotopic (exact) mass is 378 g/mol. The molecule has 2 heterocycles. The number of hydrogen-bond donors (Lipinski definition) is 1. The molecule has 3 rings (SSSR count). The van der Waals surface area contributed by atoms with E-state index in [0.29, 0.717) is 4.88 Å². The molecule has 2 aliphatic rings. The van der Waals surface area contributed by atoms with Crippen molar-refractivity contribution in [2.45, 2.75) is 46.1 Å². The van der Waals surface area contributed by atoms with Gasteiger partial charge in [0.1, 0.15) is 6.54 Å². The third kappa shape index (κ3) is 4.26. The van der Waals surface area contributed by atoms with E-state index in [2.05, 4.69) is 26.1 Å². The van der Waals surface area contributed by atoms with Crippen molar-refractivity contribution in [3.05, 3.63) is 22.4 Å². The lowest BCUT2D eigenvalue weighted by Crippen LogP contribution is -2.40. The molecule has 1 saturated heterocycles. The zero-order chi connectivity index (χ0) is 18.9. The van der Waals surface area contributed by atoms with Gasteiger partial charge in [-0.25, -0.2) is 0 Å². The molecule has 1 saturated carbocycles. The molecular weight excluding hydrogens is 352 g/mol. The zero-order valence-electron chi connectivity index (χ0n) is 15.5. The number of carbonyl (C=O) groups excluding carboxylic acids is 3. The summed E-state index contributed by atoms with van der Waals surface area (Å²) in [5.74, 6) is -1.06. The Kier molecular flexibility index (Phi) is 5.10. The van der Waals surface area contributed by atoms with Gasteiger partial charge < -0.3 is 15.0 Å². The number of ether oxygens (including phenoxy) is 1. The lowest BCUT2D eigenvalue weighted by molar-refractivity contribution is -0.151. The van der Waals surface area contributed by atoms with Gasteiger partial charge in [-0.15, -0.1) is 11.3 Å². The van der Waals surface area contributed by atoms with Crippen molar-refractivity contribution in [2.75, 3.05) is 19.7 Å². The van der Waals surface area contributed by atoms with E-state index < -0.39 is 5.97 Å². The highest BCUT2D eigenvalue weighted by atomic mass is 32.1. The molecule has 0 spiro atoms. The highest BCUT2D eigenvalue weighted by Crippen LogP contribution is 2.52. The lowest BCUT2D eigenvalue weighted by Gasteiger charge is -2.39. The number of amides is 2. The topological polar surface area (TPSA) is 75.7 Å². The summed E-state index contributed by atoms with van der Waals surface area (Å²) in [4.78, 5) is 38.6.